The van der Waals surface area contributed by atoms with E-state index in [1.165, 1.54) is 0 Å². The molecular formula is C11H17NO2S2. The molecule has 0 spiro atoms. The summed E-state index contributed by atoms with van der Waals surface area (Å²) in [5.74, 6) is 0.830. The van der Waals surface area contributed by atoms with Crippen LogP contribution in [0.1, 0.15) is 19.4 Å². The number of thiol groups is 1. The quantitative estimate of drug-likeness (QED) is 0.795. The Kier molecular flexibility index (Phi) is 4.83. The van der Waals surface area contributed by atoms with Crippen LogP contribution in [0.3, 0.4) is 0 Å². The lowest BCUT2D eigenvalue weighted by atomic mass is 10.2. The Morgan fingerprint density at radius 2 is 2.06 bits per heavy atom. The molecule has 0 aliphatic rings. The van der Waals surface area contributed by atoms with Crippen molar-refractivity contribution in [3.8, 4) is 0 Å². The van der Waals surface area contributed by atoms with Crippen molar-refractivity contribution in [3.05, 3.63) is 29.8 Å². The third kappa shape index (κ3) is 3.81. The van der Waals surface area contributed by atoms with Gasteiger partial charge in [-0.05, 0) is 23.6 Å². The minimum atomic E-state index is -3.37. The molecule has 1 rings (SSSR count). The lowest BCUT2D eigenvalue weighted by Gasteiger charge is -2.09. The number of sulfonamides is 1. The fraction of sp³-hybridized carbons (Fsp3) is 0.455. The third-order valence-corrected chi connectivity index (χ3v) is 3.86. The van der Waals surface area contributed by atoms with Crippen LogP contribution in [-0.2, 0) is 15.8 Å². The molecule has 1 aromatic rings. The Morgan fingerprint density at radius 1 is 1.38 bits per heavy atom. The maximum atomic E-state index is 11.9. The summed E-state index contributed by atoms with van der Waals surface area (Å²) < 4.78 is 26.3. The average molecular weight is 259 g/mol. The third-order valence-electron chi connectivity index (χ3n) is 2.07. The predicted molar refractivity (Wildman–Crippen MR) is 69.2 cm³/mol. The first-order valence-electron chi connectivity index (χ1n) is 5.15. The van der Waals surface area contributed by atoms with E-state index in [0.29, 0.717) is 23.1 Å². The van der Waals surface area contributed by atoms with E-state index in [4.69, 9.17) is 0 Å². The first-order chi connectivity index (χ1) is 7.45. The van der Waals surface area contributed by atoms with Crippen molar-refractivity contribution in [2.75, 3.05) is 6.54 Å². The van der Waals surface area contributed by atoms with Crippen LogP contribution in [0.2, 0.25) is 0 Å². The van der Waals surface area contributed by atoms with Gasteiger partial charge in [0.15, 0.2) is 0 Å². The van der Waals surface area contributed by atoms with E-state index in [-0.39, 0.29) is 0 Å². The Hall–Kier alpha value is -0.520. The van der Waals surface area contributed by atoms with E-state index in [0.717, 1.165) is 5.56 Å². The van der Waals surface area contributed by atoms with Crippen LogP contribution in [0.25, 0.3) is 0 Å². The van der Waals surface area contributed by atoms with Crippen LogP contribution >= 0.6 is 12.6 Å². The minimum absolute atomic E-state index is 0.294. The molecule has 0 saturated heterocycles. The average Bonchev–Trinajstić information content (AvgIpc) is 2.27. The first-order valence-corrected chi connectivity index (χ1v) is 7.26. The molecule has 0 atom stereocenters. The lowest BCUT2D eigenvalue weighted by Crippen LogP contribution is -2.27. The Bertz CT molecular complexity index is 441. The molecule has 1 aromatic carbocycles. The van der Waals surface area contributed by atoms with E-state index in [9.17, 15) is 8.42 Å². The van der Waals surface area contributed by atoms with Crippen molar-refractivity contribution in [2.24, 2.45) is 5.92 Å². The fourth-order valence-electron chi connectivity index (χ4n) is 1.17. The van der Waals surface area contributed by atoms with Crippen molar-refractivity contribution in [2.45, 2.75) is 24.5 Å². The zero-order valence-electron chi connectivity index (χ0n) is 9.47. The van der Waals surface area contributed by atoms with Crippen LogP contribution in [0.15, 0.2) is 29.2 Å². The highest BCUT2D eigenvalue weighted by Crippen LogP contribution is 2.13. The molecule has 0 aliphatic carbocycles. The van der Waals surface area contributed by atoms with Gasteiger partial charge in [0.25, 0.3) is 0 Å². The van der Waals surface area contributed by atoms with Gasteiger partial charge in [-0.1, -0.05) is 26.0 Å². The van der Waals surface area contributed by atoms with E-state index >= 15 is 0 Å². The number of hydrogen-bond donors (Lipinski definition) is 2. The highest BCUT2D eigenvalue weighted by molar-refractivity contribution is 7.89. The normalized spacial score (nSPS) is 12.0. The first kappa shape index (κ1) is 13.5. The van der Waals surface area contributed by atoms with Gasteiger partial charge in [0, 0.05) is 12.3 Å². The minimum Gasteiger partial charge on any atom is -0.211 e. The maximum absolute atomic E-state index is 11.9. The molecule has 0 aliphatic heterocycles. The molecule has 3 nitrogen and oxygen atoms in total. The largest absolute Gasteiger partial charge is 0.240 e. The van der Waals surface area contributed by atoms with Crippen LogP contribution in [-0.4, -0.2) is 15.0 Å². The molecule has 0 unspecified atom stereocenters. The Balaban J connectivity index is 2.89. The summed E-state index contributed by atoms with van der Waals surface area (Å²) in [5.41, 5.74) is 0.899. The van der Waals surface area contributed by atoms with Gasteiger partial charge in [-0.3, -0.25) is 0 Å². The van der Waals surface area contributed by atoms with Gasteiger partial charge in [-0.2, -0.15) is 12.6 Å². The molecule has 5 heteroatoms. The zero-order chi connectivity index (χ0) is 12.2. The molecule has 0 amide bonds. The Morgan fingerprint density at radius 3 is 2.62 bits per heavy atom. The summed E-state index contributed by atoms with van der Waals surface area (Å²) >= 11 is 4.12. The number of benzene rings is 1. The zero-order valence-corrected chi connectivity index (χ0v) is 11.2. The monoisotopic (exact) mass is 259 g/mol. The van der Waals surface area contributed by atoms with Crippen molar-refractivity contribution in [1.82, 2.24) is 4.72 Å². The molecular weight excluding hydrogens is 242 g/mol. The molecule has 1 N–H and O–H groups in total. The second kappa shape index (κ2) is 5.70. The maximum Gasteiger partial charge on any atom is 0.240 e. The van der Waals surface area contributed by atoms with Gasteiger partial charge < -0.3 is 0 Å². The highest BCUT2D eigenvalue weighted by Gasteiger charge is 2.13. The summed E-state index contributed by atoms with van der Waals surface area (Å²) in [6.45, 7) is 4.38. The van der Waals surface area contributed by atoms with Crippen molar-refractivity contribution >= 4 is 22.7 Å². The van der Waals surface area contributed by atoms with Crippen molar-refractivity contribution in [1.29, 1.82) is 0 Å². The van der Waals surface area contributed by atoms with Gasteiger partial charge in [-0.25, -0.2) is 13.1 Å². The molecule has 0 aromatic heterocycles. The molecule has 0 bridgehead atoms. The smallest absolute Gasteiger partial charge is 0.211 e. The number of nitrogens with one attached hydrogen (secondary N) is 1. The van der Waals surface area contributed by atoms with Crippen LogP contribution in [0.4, 0.5) is 0 Å². The molecule has 0 radical (unpaired) electrons. The number of hydrogen-bond acceptors (Lipinski definition) is 3. The van der Waals surface area contributed by atoms with Gasteiger partial charge in [-0.15, -0.1) is 0 Å². The van der Waals surface area contributed by atoms with Gasteiger partial charge >= 0.3 is 0 Å². The second-order valence-electron chi connectivity index (χ2n) is 4.05. The second-order valence-corrected chi connectivity index (χ2v) is 6.13. The molecule has 0 fully saturated rings. The molecule has 90 valence electrons. The van der Waals surface area contributed by atoms with Crippen LogP contribution in [0, 0.1) is 5.92 Å². The summed E-state index contributed by atoms with van der Waals surface area (Å²) in [6.07, 6.45) is 0. The molecule has 16 heavy (non-hydrogen) atoms. The van der Waals surface area contributed by atoms with Gasteiger partial charge in [0.2, 0.25) is 10.0 Å². The van der Waals surface area contributed by atoms with Gasteiger partial charge in [0.05, 0.1) is 4.90 Å². The van der Waals surface area contributed by atoms with E-state index in [1.807, 2.05) is 19.9 Å². The summed E-state index contributed by atoms with van der Waals surface area (Å²) in [6, 6.07) is 6.83. The van der Waals surface area contributed by atoms with Crippen molar-refractivity contribution in [3.63, 3.8) is 0 Å². The summed E-state index contributed by atoms with van der Waals surface area (Å²) in [7, 11) is -3.37. The van der Waals surface area contributed by atoms with E-state index < -0.39 is 10.0 Å². The topological polar surface area (TPSA) is 46.2 Å². The predicted octanol–water partition coefficient (Wildman–Crippen LogP) is 2.05. The molecule has 0 heterocycles. The van der Waals surface area contributed by atoms with E-state index in [1.54, 1.807) is 18.2 Å². The molecule has 0 saturated carbocycles. The van der Waals surface area contributed by atoms with Crippen LogP contribution < -0.4 is 4.72 Å². The lowest BCUT2D eigenvalue weighted by molar-refractivity contribution is 0.560. The fourth-order valence-corrected chi connectivity index (χ4v) is 2.65. The summed E-state index contributed by atoms with van der Waals surface area (Å²) in [4.78, 5) is 0.305. The SMILES string of the molecule is CC(C)CNS(=O)(=O)c1cccc(CS)c1. The summed E-state index contributed by atoms with van der Waals surface area (Å²) in [5, 5.41) is 0. The van der Waals surface area contributed by atoms with E-state index in [2.05, 4.69) is 17.4 Å². The Labute approximate surface area is 103 Å². The van der Waals surface area contributed by atoms with Gasteiger partial charge in [0.1, 0.15) is 0 Å². The number of rotatable bonds is 5. The van der Waals surface area contributed by atoms with Crippen molar-refractivity contribution < 1.29 is 8.42 Å². The highest BCUT2D eigenvalue weighted by atomic mass is 32.2. The van der Waals surface area contributed by atoms with Crippen LogP contribution in [0.5, 0.6) is 0 Å². The standard InChI is InChI=1S/C11H17NO2S2/c1-9(2)7-12-16(13,14)11-5-3-4-10(6-11)8-15/h3-6,9,12,15H,7-8H2,1-2H3.